The lowest BCUT2D eigenvalue weighted by Gasteiger charge is -2.15. The lowest BCUT2D eigenvalue weighted by molar-refractivity contribution is -0.142. The SMILES string of the molecule is O=C(CCCCCNC(=O)OCC1c2ccccc2-c2ccccc21)NC1COCC1C(=O)O. The molecule has 3 N–H and O–H groups in total. The fourth-order valence-corrected chi connectivity index (χ4v) is 4.65. The number of alkyl carbamates (subject to hydrolysis) is 1. The lowest BCUT2D eigenvalue weighted by Crippen LogP contribution is -2.42. The first kappa shape index (κ1) is 23.8. The molecule has 2 atom stereocenters. The van der Waals surface area contributed by atoms with E-state index in [-0.39, 0.29) is 31.6 Å². The van der Waals surface area contributed by atoms with Crippen molar-refractivity contribution in [3.63, 3.8) is 0 Å². The summed E-state index contributed by atoms with van der Waals surface area (Å²) in [5.41, 5.74) is 4.73. The zero-order valence-corrected chi connectivity index (χ0v) is 19.0. The van der Waals surface area contributed by atoms with Crippen LogP contribution >= 0.6 is 0 Å². The molecule has 0 saturated carbocycles. The summed E-state index contributed by atoms with van der Waals surface area (Å²) >= 11 is 0. The smallest absolute Gasteiger partial charge is 0.407 e. The van der Waals surface area contributed by atoms with Gasteiger partial charge in [0.15, 0.2) is 0 Å². The van der Waals surface area contributed by atoms with Crippen LogP contribution in [-0.4, -0.2) is 55.5 Å². The Bertz CT molecular complexity index is 994. The van der Waals surface area contributed by atoms with E-state index in [2.05, 4.69) is 34.9 Å². The number of rotatable bonds is 10. The molecule has 4 rings (SSSR count). The molecule has 1 fully saturated rings. The summed E-state index contributed by atoms with van der Waals surface area (Å²) in [5, 5.41) is 14.6. The Morgan fingerprint density at radius 3 is 2.29 bits per heavy atom. The molecule has 0 aromatic heterocycles. The van der Waals surface area contributed by atoms with E-state index >= 15 is 0 Å². The number of hydrogen-bond donors (Lipinski definition) is 3. The number of unbranched alkanes of at least 4 members (excludes halogenated alkanes) is 2. The number of carboxylic acid groups (broad SMARTS) is 1. The molecule has 2 amide bonds. The van der Waals surface area contributed by atoms with E-state index in [1.165, 1.54) is 22.3 Å². The fourth-order valence-electron chi connectivity index (χ4n) is 4.65. The van der Waals surface area contributed by atoms with Crippen molar-refractivity contribution in [3.05, 3.63) is 59.7 Å². The van der Waals surface area contributed by atoms with Gasteiger partial charge in [0.1, 0.15) is 12.5 Å². The third-order valence-corrected chi connectivity index (χ3v) is 6.44. The van der Waals surface area contributed by atoms with Gasteiger partial charge < -0.3 is 25.2 Å². The van der Waals surface area contributed by atoms with E-state index in [0.717, 1.165) is 12.8 Å². The van der Waals surface area contributed by atoms with Crippen LogP contribution in [0.5, 0.6) is 0 Å². The van der Waals surface area contributed by atoms with Gasteiger partial charge in [-0.1, -0.05) is 55.0 Å². The van der Waals surface area contributed by atoms with E-state index < -0.39 is 24.0 Å². The van der Waals surface area contributed by atoms with Crippen molar-refractivity contribution in [2.45, 2.75) is 37.6 Å². The lowest BCUT2D eigenvalue weighted by atomic mass is 9.98. The van der Waals surface area contributed by atoms with Crippen LogP contribution in [0.3, 0.4) is 0 Å². The van der Waals surface area contributed by atoms with Crippen LogP contribution in [0.15, 0.2) is 48.5 Å². The predicted molar refractivity (Wildman–Crippen MR) is 125 cm³/mol. The van der Waals surface area contributed by atoms with Crippen molar-refractivity contribution in [2.24, 2.45) is 5.92 Å². The minimum absolute atomic E-state index is 0.0302. The largest absolute Gasteiger partial charge is 0.481 e. The maximum atomic E-state index is 12.2. The number of carbonyl (C=O) groups is 3. The molecule has 1 heterocycles. The van der Waals surface area contributed by atoms with Crippen LogP contribution in [0.25, 0.3) is 11.1 Å². The fraction of sp³-hybridized carbons (Fsp3) is 0.423. The maximum absolute atomic E-state index is 12.2. The monoisotopic (exact) mass is 466 g/mol. The van der Waals surface area contributed by atoms with Gasteiger partial charge >= 0.3 is 12.1 Å². The number of ether oxygens (including phenoxy) is 2. The molecule has 1 aliphatic carbocycles. The van der Waals surface area contributed by atoms with Crippen molar-refractivity contribution >= 4 is 18.0 Å². The van der Waals surface area contributed by atoms with Crippen molar-refractivity contribution in [3.8, 4) is 11.1 Å². The van der Waals surface area contributed by atoms with Crippen LogP contribution in [0.4, 0.5) is 4.79 Å². The average molecular weight is 467 g/mol. The second-order valence-corrected chi connectivity index (χ2v) is 8.72. The topological polar surface area (TPSA) is 114 Å². The first-order valence-corrected chi connectivity index (χ1v) is 11.7. The van der Waals surface area contributed by atoms with E-state index in [4.69, 9.17) is 14.6 Å². The quantitative estimate of drug-likeness (QED) is 0.463. The number of aliphatic carboxylic acids is 1. The first-order valence-electron chi connectivity index (χ1n) is 11.7. The molecule has 34 heavy (non-hydrogen) atoms. The van der Waals surface area contributed by atoms with Gasteiger partial charge in [-0.2, -0.15) is 0 Å². The highest BCUT2D eigenvalue weighted by atomic mass is 16.5. The maximum Gasteiger partial charge on any atom is 0.407 e. The Labute approximate surface area is 198 Å². The molecule has 180 valence electrons. The molecule has 2 aliphatic rings. The zero-order valence-electron chi connectivity index (χ0n) is 19.0. The van der Waals surface area contributed by atoms with Crippen molar-refractivity contribution in [1.29, 1.82) is 0 Å². The van der Waals surface area contributed by atoms with Gasteiger partial charge in [0.25, 0.3) is 0 Å². The second kappa shape index (κ2) is 11.2. The average Bonchev–Trinajstić information content (AvgIpc) is 3.42. The highest BCUT2D eigenvalue weighted by molar-refractivity contribution is 5.79. The van der Waals surface area contributed by atoms with Gasteiger partial charge in [-0.05, 0) is 35.1 Å². The summed E-state index contributed by atoms with van der Waals surface area (Å²) in [7, 11) is 0. The number of amides is 2. The third kappa shape index (κ3) is 5.56. The predicted octanol–water partition coefficient (Wildman–Crippen LogP) is 3.30. The molecule has 8 heteroatoms. The Kier molecular flexibility index (Phi) is 7.80. The Morgan fingerprint density at radius 2 is 1.62 bits per heavy atom. The van der Waals surface area contributed by atoms with Crippen molar-refractivity contribution in [2.75, 3.05) is 26.4 Å². The molecule has 1 aliphatic heterocycles. The van der Waals surface area contributed by atoms with Crippen LogP contribution in [0.2, 0.25) is 0 Å². The number of fused-ring (bicyclic) bond motifs is 3. The summed E-state index contributed by atoms with van der Waals surface area (Å²) in [6, 6.07) is 15.9. The van der Waals surface area contributed by atoms with E-state index in [1.807, 2.05) is 24.3 Å². The summed E-state index contributed by atoms with van der Waals surface area (Å²) in [5.74, 6) is -1.79. The van der Waals surface area contributed by atoms with Crippen LogP contribution in [0, 0.1) is 5.92 Å². The normalized spacial score (nSPS) is 18.7. The standard InChI is InChI=1S/C26H30N2O6/c29-24(28-23-16-33-14-22(23)25(30)31)12-2-1-7-13-27-26(32)34-15-21-19-10-5-3-8-17(19)18-9-4-6-11-20(18)21/h3-6,8-11,21-23H,1-2,7,12-16H2,(H,27,32)(H,28,29)(H,30,31). The van der Waals surface area contributed by atoms with E-state index in [0.29, 0.717) is 19.4 Å². The number of benzene rings is 2. The van der Waals surface area contributed by atoms with Crippen LogP contribution in [-0.2, 0) is 19.1 Å². The number of carboxylic acids is 1. The number of carbonyl (C=O) groups excluding carboxylic acids is 2. The molecule has 2 aromatic rings. The van der Waals surface area contributed by atoms with Gasteiger partial charge in [0, 0.05) is 18.9 Å². The van der Waals surface area contributed by atoms with Gasteiger partial charge in [0.05, 0.1) is 19.3 Å². The summed E-state index contributed by atoms with van der Waals surface area (Å²) < 4.78 is 10.7. The second-order valence-electron chi connectivity index (χ2n) is 8.72. The Hall–Kier alpha value is -3.39. The van der Waals surface area contributed by atoms with Crippen molar-refractivity contribution in [1.82, 2.24) is 10.6 Å². The molecule has 1 saturated heterocycles. The van der Waals surface area contributed by atoms with Crippen LogP contribution in [0.1, 0.15) is 42.7 Å². The first-order chi connectivity index (χ1) is 16.5. The molecule has 2 unspecified atom stereocenters. The van der Waals surface area contributed by atoms with Gasteiger partial charge in [-0.15, -0.1) is 0 Å². The molecule has 0 bridgehead atoms. The molecule has 8 nitrogen and oxygen atoms in total. The summed E-state index contributed by atoms with van der Waals surface area (Å²) in [4.78, 5) is 35.4. The van der Waals surface area contributed by atoms with Gasteiger partial charge in [0.2, 0.25) is 5.91 Å². The zero-order chi connectivity index (χ0) is 23.9. The molecule has 2 aromatic carbocycles. The highest BCUT2D eigenvalue weighted by Gasteiger charge is 2.34. The third-order valence-electron chi connectivity index (χ3n) is 6.44. The number of hydrogen-bond acceptors (Lipinski definition) is 5. The molecular formula is C26H30N2O6. The van der Waals surface area contributed by atoms with Crippen LogP contribution < -0.4 is 10.6 Å². The molecular weight excluding hydrogens is 436 g/mol. The Morgan fingerprint density at radius 1 is 0.941 bits per heavy atom. The van der Waals surface area contributed by atoms with E-state index in [9.17, 15) is 14.4 Å². The van der Waals surface area contributed by atoms with Gasteiger partial charge in [-0.25, -0.2) is 4.79 Å². The molecule has 0 radical (unpaired) electrons. The highest BCUT2D eigenvalue weighted by Crippen LogP contribution is 2.44. The molecule has 0 spiro atoms. The summed E-state index contributed by atoms with van der Waals surface area (Å²) in [6.45, 7) is 1.10. The van der Waals surface area contributed by atoms with E-state index in [1.54, 1.807) is 0 Å². The minimum atomic E-state index is -0.956. The minimum Gasteiger partial charge on any atom is -0.481 e. The van der Waals surface area contributed by atoms with Gasteiger partial charge in [-0.3, -0.25) is 9.59 Å². The Balaban J connectivity index is 1.12. The summed E-state index contributed by atoms with van der Waals surface area (Å²) in [6.07, 6.45) is 2.01. The number of nitrogens with one attached hydrogen (secondary N) is 2. The van der Waals surface area contributed by atoms with Crippen molar-refractivity contribution < 1.29 is 29.0 Å².